The van der Waals surface area contributed by atoms with Gasteiger partial charge in [0, 0.05) is 7.05 Å². The minimum Gasteiger partial charge on any atom is -0.382 e. The van der Waals surface area contributed by atoms with E-state index in [4.69, 9.17) is 5.73 Å². The number of anilines is 1. The van der Waals surface area contributed by atoms with Crippen LogP contribution >= 0.6 is 0 Å². The van der Waals surface area contributed by atoms with Gasteiger partial charge in [-0.15, -0.1) is 10.2 Å². The topological polar surface area (TPSA) is 64.2 Å². The van der Waals surface area contributed by atoms with Crippen molar-refractivity contribution in [1.29, 1.82) is 0 Å². The number of aromatic nitrogens is 2. The highest BCUT2D eigenvalue weighted by Crippen LogP contribution is 2.21. The van der Waals surface area contributed by atoms with E-state index in [0.29, 0.717) is 0 Å². The second-order valence-electron chi connectivity index (χ2n) is 2.41. The maximum absolute atomic E-state index is 12.3. The van der Waals surface area contributed by atoms with E-state index in [1.807, 2.05) is 0 Å². The van der Waals surface area contributed by atoms with Crippen molar-refractivity contribution in [2.75, 3.05) is 12.8 Å². The maximum atomic E-state index is 12.3. The predicted molar refractivity (Wildman–Crippen MR) is 45.0 cm³/mol. The van der Waals surface area contributed by atoms with E-state index in [1.165, 1.54) is 6.07 Å². The summed E-state index contributed by atoms with van der Waals surface area (Å²) in [5.41, 5.74) is 3.78. The van der Waals surface area contributed by atoms with Gasteiger partial charge in [-0.1, -0.05) is 0 Å². The molecule has 0 atom stereocenters. The van der Waals surface area contributed by atoms with E-state index >= 15 is 0 Å². The van der Waals surface area contributed by atoms with Gasteiger partial charge in [0.1, 0.15) is 11.5 Å². The zero-order valence-electron chi connectivity index (χ0n) is 7.21. The fraction of sp³-hybridized carbons (Fsp3) is 0.286. The molecule has 0 fully saturated rings. The molecule has 1 aromatic rings. The third-order valence-electron chi connectivity index (χ3n) is 1.42. The Labute approximate surface area is 77.7 Å². The lowest BCUT2D eigenvalue weighted by Crippen LogP contribution is -2.25. The number of rotatable bonds is 1. The van der Waals surface area contributed by atoms with Crippen molar-refractivity contribution >= 4 is 11.5 Å². The van der Waals surface area contributed by atoms with Crippen molar-refractivity contribution in [2.24, 2.45) is 4.99 Å². The molecule has 1 rings (SSSR count). The summed E-state index contributed by atoms with van der Waals surface area (Å²) in [6, 6.07) is 2.36. The predicted octanol–water partition coefficient (Wildman–Crippen LogP) is 1.04. The molecule has 0 aliphatic heterocycles. The Morgan fingerprint density at radius 3 is 2.36 bits per heavy atom. The Kier molecular flexibility index (Phi) is 2.68. The number of nitrogens with two attached hydrogens (primary N) is 1. The van der Waals surface area contributed by atoms with Crippen molar-refractivity contribution in [3.8, 4) is 0 Å². The van der Waals surface area contributed by atoms with Gasteiger partial charge in [-0.3, -0.25) is 4.99 Å². The molecule has 0 bridgehead atoms. The zero-order chi connectivity index (χ0) is 10.8. The highest BCUT2D eigenvalue weighted by Gasteiger charge is 2.37. The third kappa shape index (κ3) is 2.18. The van der Waals surface area contributed by atoms with E-state index in [9.17, 15) is 13.2 Å². The first-order chi connectivity index (χ1) is 6.45. The average Bonchev–Trinajstić information content (AvgIpc) is 2.07. The Bertz CT molecular complexity index is 341. The van der Waals surface area contributed by atoms with E-state index in [2.05, 4.69) is 15.2 Å². The monoisotopic (exact) mass is 204 g/mol. The van der Waals surface area contributed by atoms with E-state index in [0.717, 1.165) is 13.1 Å². The number of hydrogen-bond donors (Lipinski definition) is 1. The lowest BCUT2D eigenvalue weighted by atomic mass is 10.2. The van der Waals surface area contributed by atoms with Gasteiger partial charge in [0.15, 0.2) is 5.71 Å². The fourth-order valence-electron chi connectivity index (χ4n) is 0.855. The van der Waals surface area contributed by atoms with Gasteiger partial charge in [-0.05, 0) is 12.1 Å². The molecule has 0 saturated heterocycles. The smallest absolute Gasteiger partial charge is 0.382 e. The van der Waals surface area contributed by atoms with Gasteiger partial charge in [-0.2, -0.15) is 13.2 Å². The molecule has 0 amide bonds. The van der Waals surface area contributed by atoms with Crippen LogP contribution in [0.5, 0.6) is 0 Å². The second kappa shape index (κ2) is 3.60. The minimum absolute atomic E-state index is 0.0615. The highest BCUT2D eigenvalue weighted by molar-refractivity contribution is 6.02. The SMILES string of the molecule is CN=C(c1ccc(N)nn1)C(F)(F)F. The average molecular weight is 204 g/mol. The highest BCUT2D eigenvalue weighted by atomic mass is 19.4. The van der Waals surface area contributed by atoms with Crippen LogP contribution in [0.1, 0.15) is 5.69 Å². The molecule has 0 spiro atoms. The van der Waals surface area contributed by atoms with Gasteiger partial charge in [0.25, 0.3) is 0 Å². The van der Waals surface area contributed by atoms with Crippen LogP contribution in [0, 0.1) is 0 Å². The molecule has 0 radical (unpaired) electrons. The summed E-state index contributed by atoms with van der Waals surface area (Å²) in [6.45, 7) is 0. The van der Waals surface area contributed by atoms with Crippen molar-refractivity contribution in [2.45, 2.75) is 6.18 Å². The van der Waals surface area contributed by atoms with Gasteiger partial charge in [0.2, 0.25) is 0 Å². The number of nitrogens with zero attached hydrogens (tertiary/aromatic N) is 3. The van der Waals surface area contributed by atoms with Crippen molar-refractivity contribution in [3.05, 3.63) is 17.8 Å². The van der Waals surface area contributed by atoms with E-state index < -0.39 is 11.9 Å². The number of hydrogen-bond acceptors (Lipinski definition) is 4. The molecule has 1 heterocycles. The molecular formula is C7H7F3N4. The molecule has 4 nitrogen and oxygen atoms in total. The van der Waals surface area contributed by atoms with Crippen LogP contribution in [-0.2, 0) is 0 Å². The summed E-state index contributed by atoms with van der Waals surface area (Å²) in [5.74, 6) is 0.0615. The molecule has 0 aliphatic rings. The summed E-state index contributed by atoms with van der Waals surface area (Å²) in [6.07, 6.45) is -4.53. The number of aliphatic imine (C=N–C) groups is 1. The molecule has 76 valence electrons. The molecule has 7 heteroatoms. The standard InChI is InChI=1S/C7H7F3N4/c1-12-6(7(8,9)10)4-2-3-5(11)14-13-4/h2-3H,1H3,(H2,11,14). The quantitative estimate of drug-likeness (QED) is 0.695. The summed E-state index contributed by atoms with van der Waals surface area (Å²) in [4.78, 5) is 3.11. The van der Waals surface area contributed by atoms with Crippen molar-refractivity contribution < 1.29 is 13.2 Å². The number of halogens is 3. The number of alkyl halides is 3. The molecule has 0 aliphatic carbocycles. The first-order valence-electron chi connectivity index (χ1n) is 3.58. The first-order valence-corrected chi connectivity index (χ1v) is 3.58. The number of nitrogen functional groups attached to an aromatic ring is 1. The van der Waals surface area contributed by atoms with Crippen LogP contribution < -0.4 is 5.73 Å². The van der Waals surface area contributed by atoms with E-state index in [-0.39, 0.29) is 11.5 Å². The minimum atomic E-state index is -4.53. The first kappa shape index (κ1) is 10.4. The molecule has 2 N–H and O–H groups in total. The lowest BCUT2D eigenvalue weighted by Gasteiger charge is -2.07. The molecule has 0 aromatic carbocycles. The Morgan fingerprint density at radius 2 is 2.00 bits per heavy atom. The van der Waals surface area contributed by atoms with Gasteiger partial charge in [0.05, 0.1) is 0 Å². The summed E-state index contributed by atoms with van der Waals surface area (Å²) >= 11 is 0. The van der Waals surface area contributed by atoms with Crippen LogP contribution in [0.3, 0.4) is 0 Å². The second-order valence-corrected chi connectivity index (χ2v) is 2.41. The molecular weight excluding hydrogens is 197 g/mol. The van der Waals surface area contributed by atoms with Gasteiger partial charge >= 0.3 is 6.18 Å². The maximum Gasteiger partial charge on any atom is 0.435 e. The summed E-state index contributed by atoms with van der Waals surface area (Å²) in [7, 11) is 1.04. The van der Waals surface area contributed by atoms with Crippen molar-refractivity contribution in [1.82, 2.24) is 10.2 Å². The van der Waals surface area contributed by atoms with Crippen LogP contribution in [-0.4, -0.2) is 29.1 Å². The van der Waals surface area contributed by atoms with E-state index in [1.54, 1.807) is 0 Å². The normalized spacial score (nSPS) is 13.0. The Balaban J connectivity index is 3.10. The lowest BCUT2D eigenvalue weighted by molar-refractivity contribution is -0.0583. The van der Waals surface area contributed by atoms with Crippen LogP contribution in [0.25, 0.3) is 0 Å². The van der Waals surface area contributed by atoms with Gasteiger partial charge < -0.3 is 5.73 Å². The van der Waals surface area contributed by atoms with Crippen molar-refractivity contribution in [3.63, 3.8) is 0 Å². The fourth-order valence-corrected chi connectivity index (χ4v) is 0.855. The third-order valence-corrected chi connectivity index (χ3v) is 1.42. The molecule has 1 aromatic heterocycles. The molecule has 14 heavy (non-hydrogen) atoms. The largest absolute Gasteiger partial charge is 0.435 e. The van der Waals surface area contributed by atoms with Gasteiger partial charge in [-0.25, -0.2) is 0 Å². The Hall–Kier alpha value is -1.66. The summed E-state index contributed by atoms with van der Waals surface area (Å²) < 4.78 is 36.8. The zero-order valence-corrected chi connectivity index (χ0v) is 7.21. The summed E-state index contributed by atoms with van der Waals surface area (Å²) in [5, 5.41) is 6.60. The van der Waals surface area contributed by atoms with Crippen LogP contribution in [0.15, 0.2) is 17.1 Å². The van der Waals surface area contributed by atoms with Crippen LogP contribution in [0.2, 0.25) is 0 Å². The Morgan fingerprint density at radius 1 is 1.36 bits per heavy atom. The van der Waals surface area contributed by atoms with Crippen LogP contribution in [0.4, 0.5) is 19.0 Å². The molecule has 0 unspecified atom stereocenters. The molecule has 0 saturated carbocycles.